The molecule has 0 amide bonds. The van der Waals surface area contributed by atoms with Gasteiger partial charge in [0, 0.05) is 6.54 Å². The Morgan fingerprint density at radius 3 is 2.75 bits per heavy atom. The zero-order valence-corrected chi connectivity index (χ0v) is 5.36. The van der Waals surface area contributed by atoms with Gasteiger partial charge in [-0.3, -0.25) is 0 Å². The predicted octanol–water partition coefficient (Wildman–Crippen LogP) is 1.09. The summed E-state index contributed by atoms with van der Waals surface area (Å²) in [6.45, 7) is 2.78. The van der Waals surface area contributed by atoms with Crippen LogP contribution in [0.3, 0.4) is 0 Å². The van der Waals surface area contributed by atoms with Crippen molar-refractivity contribution in [3.8, 4) is 0 Å². The first-order chi connectivity index (χ1) is 3.91. The molecule has 0 aromatic heterocycles. The minimum atomic E-state index is 0.862. The first-order valence-electron chi connectivity index (χ1n) is 2.67. The minimum absolute atomic E-state index is 0.862. The minimum Gasteiger partial charge on any atom is -0.316 e. The lowest BCUT2D eigenvalue weighted by molar-refractivity contribution is 0.921. The average molecular weight is 109 g/mol. The molecular weight excluding hydrogens is 98.1 g/mol. The summed E-state index contributed by atoms with van der Waals surface area (Å²) < 4.78 is 0. The van der Waals surface area contributed by atoms with Gasteiger partial charge >= 0.3 is 0 Å². The first-order valence-corrected chi connectivity index (χ1v) is 2.67. The van der Waals surface area contributed by atoms with E-state index in [0.717, 1.165) is 6.54 Å². The van der Waals surface area contributed by atoms with E-state index in [1.54, 1.807) is 0 Å². The molecule has 1 heteroatoms. The number of hydrogen-bond acceptors (Lipinski definition) is 1. The van der Waals surface area contributed by atoms with E-state index in [1.165, 1.54) is 0 Å². The van der Waals surface area contributed by atoms with Gasteiger partial charge in [0.25, 0.3) is 0 Å². The molecule has 1 N–H and O–H groups in total. The summed E-state index contributed by atoms with van der Waals surface area (Å²) in [6.07, 6.45) is 3.71. The lowest BCUT2D eigenvalue weighted by Gasteiger charge is -1.79. The molecule has 44 valence electrons. The molecule has 1 nitrogen and oxygen atoms in total. The van der Waals surface area contributed by atoms with Crippen LogP contribution < -0.4 is 5.32 Å². The van der Waals surface area contributed by atoms with E-state index in [2.05, 4.69) is 16.8 Å². The Balaban J connectivity index is 3.48. The van der Waals surface area contributed by atoms with Gasteiger partial charge < -0.3 is 5.32 Å². The summed E-state index contributed by atoms with van der Waals surface area (Å²) in [5.41, 5.74) is 5.66. The molecule has 0 saturated heterocycles. The van der Waals surface area contributed by atoms with Crippen LogP contribution in [0.1, 0.15) is 6.92 Å². The molecule has 0 heterocycles. The molecule has 0 fully saturated rings. The van der Waals surface area contributed by atoms with Gasteiger partial charge in [-0.25, -0.2) is 0 Å². The van der Waals surface area contributed by atoms with Gasteiger partial charge in [-0.2, -0.15) is 0 Å². The standard InChI is InChI=1S/C7H11N/c1-3-4-5-6-7-8-2/h3,6,8H,7H2,1-2H3. The molecule has 0 rings (SSSR count). The Morgan fingerprint density at radius 1 is 1.50 bits per heavy atom. The fourth-order valence-corrected chi connectivity index (χ4v) is 0.295. The lowest BCUT2D eigenvalue weighted by atomic mass is 10.5. The molecule has 0 bridgehead atoms. The van der Waals surface area contributed by atoms with Crippen molar-refractivity contribution in [2.24, 2.45) is 0 Å². The third-order valence-electron chi connectivity index (χ3n) is 0.636. The molecule has 0 aromatic rings. The molecule has 0 aliphatic carbocycles. The van der Waals surface area contributed by atoms with Gasteiger partial charge in [0.2, 0.25) is 0 Å². The zero-order valence-electron chi connectivity index (χ0n) is 5.36. The Hall–Kier alpha value is -0.740. The maximum atomic E-state index is 2.95. The van der Waals surface area contributed by atoms with Crippen molar-refractivity contribution in [2.45, 2.75) is 6.92 Å². The second-order valence-corrected chi connectivity index (χ2v) is 1.34. The molecule has 0 spiro atoms. The summed E-state index contributed by atoms with van der Waals surface area (Å²) in [5, 5.41) is 2.95. The number of hydrogen-bond donors (Lipinski definition) is 1. The fourth-order valence-electron chi connectivity index (χ4n) is 0.295. The van der Waals surface area contributed by atoms with Crippen LogP contribution in [0.15, 0.2) is 23.6 Å². The van der Waals surface area contributed by atoms with Crippen molar-refractivity contribution >= 4 is 0 Å². The Labute approximate surface area is 50.4 Å². The monoisotopic (exact) mass is 109 g/mol. The molecule has 0 saturated carbocycles. The number of rotatable bonds is 2. The fraction of sp³-hybridized carbons (Fsp3) is 0.429. The summed E-state index contributed by atoms with van der Waals surface area (Å²) >= 11 is 0. The van der Waals surface area contributed by atoms with E-state index in [0.29, 0.717) is 0 Å². The largest absolute Gasteiger partial charge is 0.316 e. The normalized spacial score (nSPS) is 6.75. The molecule has 0 atom stereocenters. The van der Waals surface area contributed by atoms with Gasteiger partial charge in [0.1, 0.15) is 0 Å². The maximum absolute atomic E-state index is 2.95. The highest BCUT2D eigenvalue weighted by Gasteiger charge is 1.61. The van der Waals surface area contributed by atoms with Crippen molar-refractivity contribution in [1.29, 1.82) is 0 Å². The van der Waals surface area contributed by atoms with Gasteiger partial charge in [0.05, 0.1) is 0 Å². The van der Waals surface area contributed by atoms with Crippen LogP contribution >= 0.6 is 0 Å². The van der Waals surface area contributed by atoms with Crippen molar-refractivity contribution in [3.63, 3.8) is 0 Å². The molecule has 0 aromatic carbocycles. The highest BCUT2D eigenvalue weighted by Crippen LogP contribution is 1.60. The summed E-state index contributed by atoms with van der Waals surface area (Å²) in [7, 11) is 1.90. The Kier molecular flexibility index (Phi) is 5.68. The smallest absolute Gasteiger partial charge is 0.0213 e. The van der Waals surface area contributed by atoms with Crippen LogP contribution in [0.5, 0.6) is 0 Å². The van der Waals surface area contributed by atoms with E-state index < -0.39 is 0 Å². The van der Waals surface area contributed by atoms with E-state index >= 15 is 0 Å². The third kappa shape index (κ3) is 5.26. The van der Waals surface area contributed by atoms with E-state index in [1.807, 2.05) is 26.1 Å². The average Bonchev–Trinajstić information content (AvgIpc) is 1.81. The molecule has 0 aliphatic heterocycles. The topological polar surface area (TPSA) is 12.0 Å². The van der Waals surface area contributed by atoms with Crippen LogP contribution in [0.4, 0.5) is 0 Å². The highest BCUT2D eigenvalue weighted by molar-refractivity contribution is 4.85. The van der Waals surface area contributed by atoms with E-state index in [4.69, 9.17) is 0 Å². The van der Waals surface area contributed by atoms with Crippen LogP contribution in [0, 0.1) is 0 Å². The van der Waals surface area contributed by atoms with Gasteiger partial charge in [-0.1, -0.05) is 11.5 Å². The van der Waals surface area contributed by atoms with Gasteiger partial charge in [0.15, 0.2) is 0 Å². The van der Waals surface area contributed by atoms with Crippen LogP contribution in [0.2, 0.25) is 0 Å². The van der Waals surface area contributed by atoms with Crippen molar-refractivity contribution < 1.29 is 0 Å². The second kappa shape index (κ2) is 6.26. The van der Waals surface area contributed by atoms with Gasteiger partial charge in [-0.15, -0.1) is 0 Å². The SMILES string of the molecule is CC=C=C=CCNC. The van der Waals surface area contributed by atoms with Crippen molar-refractivity contribution in [2.75, 3.05) is 13.6 Å². The number of likely N-dealkylation sites (N-methyl/N-ethyl adjacent to an activating group) is 1. The van der Waals surface area contributed by atoms with Crippen LogP contribution in [-0.4, -0.2) is 13.6 Å². The molecule has 8 heavy (non-hydrogen) atoms. The van der Waals surface area contributed by atoms with Gasteiger partial charge in [-0.05, 0) is 26.1 Å². The summed E-state index contributed by atoms with van der Waals surface area (Å²) in [5.74, 6) is 0. The Bertz CT molecular complexity index is 123. The lowest BCUT2D eigenvalue weighted by Crippen LogP contribution is -2.03. The molecule has 0 radical (unpaired) electrons. The Morgan fingerprint density at radius 2 is 2.25 bits per heavy atom. The number of nitrogens with one attached hydrogen (secondary N) is 1. The summed E-state index contributed by atoms with van der Waals surface area (Å²) in [6, 6.07) is 0. The van der Waals surface area contributed by atoms with Crippen LogP contribution in [-0.2, 0) is 0 Å². The quantitative estimate of drug-likeness (QED) is 0.523. The first kappa shape index (κ1) is 7.26. The summed E-state index contributed by atoms with van der Waals surface area (Å²) in [4.78, 5) is 0. The zero-order chi connectivity index (χ0) is 6.24. The maximum Gasteiger partial charge on any atom is 0.0213 e. The molecule has 0 aliphatic rings. The second-order valence-electron chi connectivity index (χ2n) is 1.34. The third-order valence-corrected chi connectivity index (χ3v) is 0.636. The van der Waals surface area contributed by atoms with Crippen LogP contribution in [0.25, 0.3) is 0 Å². The molecular formula is C7H11N. The van der Waals surface area contributed by atoms with E-state index in [9.17, 15) is 0 Å². The van der Waals surface area contributed by atoms with E-state index in [-0.39, 0.29) is 0 Å². The number of allylic oxidation sites excluding steroid dienone is 1. The predicted molar refractivity (Wildman–Crippen MR) is 35.8 cm³/mol. The van der Waals surface area contributed by atoms with Crippen molar-refractivity contribution in [1.82, 2.24) is 5.32 Å². The molecule has 0 unspecified atom stereocenters. The van der Waals surface area contributed by atoms with Crippen molar-refractivity contribution in [3.05, 3.63) is 23.6 Å². The highest BCUT2D eigenvalue weighted by atomic mass is 14.8.